The van der Waals surface area contributed by atoms with E-state index in [2.05, 4.69) is 60.2 Å². The van der Waals surface area contributed by atoms with Crippen molar-refractivity contribution >= 4 is 30.1 Å². The second-order valence-electron chi connectivity index (χ2n) is 9.79. The van der Waals surface area contributed by atoms with E-state index in [1.165, 1.54) is 0 Å². The van der Waals surface area contributed by atoms with Crippen LogP contribution in [0.5, 0.6) is 0 Å². The van der Waals surface area contributed by atoms with Crippen LogP contribution in [0.25, 0.3) is 0 Å². The van der Waals surface area contributed by atoms with Crippen LogP contribution < -0.4 is 0 Å². The molecular formula is C20H42N2O3SSi. The minimum absolute atomic E-state index is 0.0544. The van der Waals surface area contributed by atoms with Crippen molar-refractivity contribution < 1.29 is 13.9 Å². The molecule has 0 fully saturated rings. The topological polar surface area (TPSA) is 52.4 Å². The van der Waals surface area contributed by atoms with Gasteiger partial charge in [0.25, 0.3) is 0 Å². The maximum absolute atomic E-state index is 6.40. The van der Waals surface area contributed by atoms with Gasteiger partial charge in [-0.15, -0.1) is 0 Å². The van der Waals surface area contributed by atoms with Crippen LogP contribution in [0, 0.1) is 5.92 Å². The first kappa shape index (κ1) is 24.5. The lowest BCUT2D eigenvalue weighted by Crippen LogP contribution is -2.42. The van der Waals surface area contributed by atoms with E-state index in [-0.39, 0.29) is 17.1 Å². The second-order valence-corrected chi connectivity index (χ2v) is 18.9. The molecule has 2 atom stereocenters. The highest BCUT2D eigenvalue weighted by atomic mass is 32.3. The summed E-state index contributed by atoms with van der Waals surface area (Å²) in [6.07, 6.45) is 4.71. The number of methoxy groups -OCH3 is 2. The van der Waals surface area contributed by atoms with Gasteiger partial charge in [-0.05, 0) is 42.3 Å². The lowest BCUT2D eigenvalue weighted by molar-refractivity contribution is 0.310. The quantitative estimate of drug-likeness (QED) is 0.569. The molecule has 0 spiro atoms. The number of rotatable bonds is 7. The second kappa shape index (κ2) is 9.31. The molecule has 0 aromatic carbocycles. The van der Waals surface area contributed by atoms with Crippen molar-refractivity contribution in [3.05, 3.63) is 0 Å². The maximum Gasteiger partial charge on any atom is 0.210 e. The van der Waals surface area contributed by atoms with Crippen molar-refractivity contribution in [3.8, 4) is 0 Å². The van der Waals surface area contributed by atoms with E-state index in [1.54, 1.807) is 14.2 Å². The molecule has 0 N–H and O–H groups in total. The van der Waals surface area contributed by atoms with E-state index in [0.717, 1.165) is 29.9 Å². The lowest BCUT2D eigenvalue weighted by atomic mass is 10.0. The zero-order valence-corrected chi connectivity index (χ0v) is 21.2. The highest BCUT2D eigenvalue weighted by Crippen LogP contribution is 2.43. The van der Waals surface area contributed by atoms with E-state index >= 15 is 0 Å². The van der Waals surface area contributed by atoms with Gasteiger partial charge >= 0.3 is 0 Å². The van der Waals surface area contributed by atoms with E-state index in [0.29, 0.717) is 5.92 Å². The molecular weight excluding hydrogens is 376 g/mol. The lowest BCUT2D eigenvalue weighted by Gasteiger charge is -2.39. The molecule has 1 aliphatic rings. The van der Waals surface area contributed by atoms with Gasteiger partial charge in [0.05, 0.1) is 14.2 Å². The summed E-state index contributed by atoms with van der Waals surface area (Å²) in [5.74, 6) is 3.80. The monoisotopic (exact) mass is 418 g/mol. The Morgan fingerprint density at radius 1 is 1.04 bits per heavy atom. The summed E-state index contributed by atoms with van der Waals surface area (Å²) in [7, 11) is 0.792. The minimum atomic E-state index is -1.70. The Hall–Kier alpha value is -0.533. The van der Waals surface area contributed by atoms with Crippen LogP contribution in [0.3, 0.4) is 0 Å². The van der Waals surface area contributed by atoms with Crippen LogP contribution in [-0.4, -0.2) is 77.0 Å². The van der Waals surface area contributed by atoms with Gasteiger partial charge in [-0.1, -0.05) is 34.6 Å². The van der Waals surface area contributed by atoms with Gasteiger partial charge in [-0.2, -0.15) is 0 Å². The molecule has 0 radical (unpaired) electrons. The summed E-state index contributed by atoms with van der Waals surface area (Å²) in [5, 5.41) is 0.245. The molecule has 1 rings (SSSR count). The number of aliphatic imine (C=N–C) groups is 2. The third-order valence-electron chi connectivity index (χ3n) is 5.65. The molecule has 1 aliphatic heterocycles. The van der Waals surface area contributed by atoms with E-state index in [4.69, 9.17) is 23.9 Å². The molecule has 7 heteroatoms. The SMILES string of the molecule is COC1=N[C@H](C(C)C)C(OC)=NC1CS(C)(C)CCO[Si](C)(C)C(C)(C)C. The summed E-state index contributed by atoms with van der Waals surface area (Å²) < 4.78 is 17.5. The summed E-state index contributed by atoms with van der Waals surface area (Å²) in [4.78, 5) is 9.66. The largest absolute Gasteiger partial charge is 0.483 e. The van der Waals surface area contributed by atoms with Crippen molar-refractivity contribution in [3.63, 3.8) is 0 Å². The van der Waals surface area contributed by atoms with Crippen molar-refractivity contribution in [2.45, 2.75) is 64.8 Å². The van der Waals surface area contributed by atoms with Crippen molar-refractivity contribution in [1.29, 1.82) is 0 Å². The van der Waals surface area contributed by atoms with Crippen molar-refractivity contribution in [2.24, 2.45) is 15.9 Å². The fourth-order valence-electron chi connectivity index (χ4n) is 2.72. The Bertz CT molecular complexity index is 554. The zero-order valence-electron chi connectivity index (χ0n) is 19.4. The molecule has 160 valence electrons. The van der Waals surface area contributed by atoms with Gasteiger partial charge in [-0.3, -0.25) is 0 Å². The van der Waals surface area contributed by atoms with Crippen molar-refractivity contribution in [2.75, 3.05) is 44.8 Å². The highest BCUT2D eigenvalue weighted by molar-refractivity contribution is 8.32. The van der Waals surface area contributed by atoms with Crippen molar-refractivity contribution in [1.82, 2.24) is 0 Å². The van der Waals surface area contributed by atoms with Gasteiger partial charge in [0, 0.05) is 12.4 Å². The van der Waals surface area contributed by atoms with Gasteiger partial charge in [0.1, 0.15) is 12.1 Å². The zero-order chi connectivity index (χ0) is 21.0. The van der Waals surface area contributed by atoms with E-state index in [1.807, 2.05) is 0 Å². The standard InChI is InChI=1S/C20H42N2O3SSi/c1-15(2)17-19(24-7)21-16(18(22-17)23-6)14-26(8,9)13-12-25-27(10,11)20(3,4)5/h15-17H,12-14H2,1-11H3/t16?,17-/m1/s1. The molecule has 0 saturated carbocycles. The molecule has 0 aliphatic carbocycles. The third-order valence-corrected chi connectivity index (χ3v) is 12.7. The number of nitrogens with zero attached hydrogens (tertiary/aromatic N) is 2. The first-order valence-corrected chi connectivity index (χ1v) is 15.5. The van der Waals surface area contributed by atoms with Crippen LogP contribution in [0.4, 0.5) is 0 Å². The average molecular weight is 419 g/mol. The minimum Gasteiger partial charge on any atom is -0.483 e. The normalized spacial score (nSPS) is 22.4. The fourth-order valence-corrected chi connectivity index (χ4v) is 5.68. The Balaban J connectivity index is 2.79. The number of hydrogen-bond acceptors (Lipinski definition) is 5. The summed E-state index contributed by atoms with van der Waals surface area (Å²) in [6, 6.07) is -0.112. The van der Waals surface area contributed by atoms with E-state index in [9.17, 15) is 0 Å². The smallest absolute Gasteiger partial charge is 0.210 e. The first-order valence-electron chi connectivity index (χ1n) is 9.80. The van der Waals surface area contributed by atoms with Gasteiger partial charge in [0.15, 0.2) is 8.32 Å². The summed E-state index contributed by atoms with van der Waals surface area (Å²) in [5.41, 5.74) is 0. The fraction of sp³-hybridized carbons (Fsp3) is 0.900. The Labute approximate surface area is 169 Å². The molecule has 5 nitrogen and oxygen atoms in total. The molecule has 0 saturated heterocycles. The average Bonchev–Trinajstić information content (AvgIpc) is 2.52. The number of ether oxygens (including phenoxy) is 2. The van der Waals surface area contributed by atoms with Crippen LogP contribution >= 0.6 is 10.0 Å². The highest BCUT2D eigenvalue weighted by Gasteiger charge is 2.38. The molecule has 0 bridgehead atoms. The predicted molar refractivity (Wildman–Crippen MR) is 124 cm³/mol. The van der Waals surface area contributed by atoms with Crippen LogP contribution in [0.2, 0.25) is 18.1 Å². The third kappa shape index (κ3) is 6.78. The van der Waals surface area contributed by atoms with Gasteiger partial charge in [0.2, 0.25) is 11.8 Å². The van der Waals surface area contributed by atoms with Crippen LogP contribution in [0.15, 0.2) is 9.98 Å². The molecule has 27 heavy (non-hydrogen) atoms. The van der Waals surface area contributed by atoms with Gasteiger partial charge < -0.3 is 13.9 Å². The Morgan fingerprint density at radius 2 is 1.59 bits per heavy atom. The van der Waals surface area contributed by atoms with Crippen LogP contribution in [0.1, 0.15) is 34.6 Å². The van der Waals surface area contributed by atoms with Crippen LogP contribution in [-0.2, 0) is 13.9 Å². The molecule has 0 amide bonds. The predicted octanol–water partition coefficient (Wildman–Crippen LogP) is 4.57. The summed E-state index contributed by atoms with van der Waals surface area (Å²) in [6.45, 7) is 16.6. The Kier molecular flexibility index (Phi) is 8.45. The maximum atomic E-state index is 6.40. The summed E-state index contributed by atoms with van der Waals surface area (Å²) >= 11 is 0. The molecule has 1 unspecified atom stereocenters. The first-order chi connectivity index (χ1) is 12.2. The van der Waals surface area contributed by atoms with Gasteiger partial charge in [-0.25, -0.2) is 20.0 Å². The Morgan fingerprint density at radius 3 is 2.04 bits per heavy atom. The molecule has 0 aromatic rings. The molecule has 0 aromatic heterocycles. The number of hydrogen-bond donors (Lipinski definition) is 0. The van der Waals surface area contributed by atoms with E-state index < -0.39 is 18.3 Å². The molecule has 1 heterocycles.